The van der Waals surface area contributed by atoms with Crippen LogP contribution < -0.4 is 0 Å². The van der Waals surface area contributed by atoms with Gasteiger partial charge in [0, 0.05) is 6.04 Å². The summed E-state index contributed by atoms with van der Waals surface area (Å²) in [5, 5.41) is 18.5. The predicted molar refractivity (Wildman–Crippen MR) is 75.3 cm³/mol. The van der Waals surface area contributed by atoms with Crippen molar-refractivity contribution in [3.63, 3.8) is 0 Å². The van der Waals surface area contributed by atoms with E-state index in [0.29, 0.717) is 16.4 Å². The van der Waals surface area contributed by atoms with Gasteiger partial charge in [0.25, 0.3) is 0 Å². The molecular weight excluding hydrogens is 258 g/mol. The molecule has 2 N–H and O–H groups in total. The van der Waals surface area contributed by atoms with Gasteiger partial charge in [-0.15, -0.1) is 0 Å². The highest BCUT2D eigenvalue weighted by atomic mass is 32.1. The maximum Gasteiger partial charge on any atom is 0.178 e. The van der Waals surface area contributed by atoms with Gasteiger partial charge >= 0.3 is 0 Å². The fourth-order valence-corrected chi connectivity index (χ4v) is 3.24. The Morgan fingerprint density at radius 1 is 1.32 bits per heavy atom. The van der Waals surface area contributed by atoms with Crippen LogP contribution in [0.4, 0.5) is 0 Å². The molecule has 3 rings (SSSR count). The molecule has 4 nitrogen and oxygen atoms in total. The van der Waals surface area contributed by atoms with E-state index in [1.54, 1.807) is 0 Å². The minimum absolute atomic E-state index is 0.166. The maximum atomic E-state index is 9.60. The number of hydrogen-bond acceptors (Lipinski definition) is 3. The van der Waals surface area contributed by atoms with E-state index >= 15 is 0 Å². The number of H-pyrrole nitrogens is 1. The quantitative estimate of drug-likeness (QED) is 0.785. The van der Waals surface area contributed by atoms with Crippen molar-refractivity contribution in [2.75, 3.05) is 0 Å². The number of imidazole rings is 1. The van der Waals surface area contributed by atoms with E-state index in [1.807, 2.05) is 18.2 Å². The van der Waals surface area contributed by atoms with Gasteiger partial charge < -0.3 is 14.7 Å². The molecule has 0 atom stereocenters. The molecule has 1 aliphatic rings. The van der Waals surface area contributed by atoms with E-state index in [4.69, 9.17) is 17.5 Å². The highest BCUT2D eigenvalue weighted by Gasteiger charge is 2.22. The van der Waals surface area contributed by atoms with E-state index in [1.165, 1.54) is 0 Å². The third-order valence-corrected chi connectivity index (χ3v) is 4.18. The molecule has 19 heavy (non-hydrogen) atoms. The zero-order valence-corrected chi connectivity index (χ0v) is 11.3. The lowest BCUT2D eigenvalue weighted by Gasteiger charge is -2.26. The molecule has 1 fully saturated rings. The lowest BCUT2D eigenvalue weighted by molar-refractivity contribution is 0.111. The van der Waals surface area contributed by atoms with Crippen molar-refractivity contribution in [2.24, 2.45) is 0 Å². The number of aromatic nitrogens is 2. The smallest absolute Gasteiger partial charge is 0.178 e. The van der Waals surface area contributed by atoms with Crippen LogP contribution in [0.2, 0.25) is 0 Å². The molecule has 0 bridgehead atoms. The zero-order chi connectivity index (χ0) is 13.4. The molecule has 0 radical (unpaired) electrons. The summed E-state index contributed by atoms with van der Waals surface area (Å²) >= 11 is 5.40. The van der Waals surface area contributed by atoms with Crippen LogP contribution in [0.3, 0.4) is 0 Å². The fraction of sp³-hybridized carbons (Fsp3) is 0.429. The van der Waals surface area contributed by atoms with Crippen LogP contribution in [-0.4, -0.2) is 20.8 Å². The Labute approximate surface area is 116 Å². The van der Waals surface area contributed by atoms with Crippen molar-refractivity contribution in [2.45, 2.75) is 37.8 Å². The van der Waals surface area contributed by atoms with Crippen molar-refractivity contribution in [1.29, 1.82) is 5.26 Å². The fourth-order valence-electron chi connectivity index (χ4n) is 2.88. The Morgan fingerprint density at radius 3 is 2.74 bits per heavy atom. The van der Waals surface area contributed by atoms with Gasteiger partial charge in [-0.1, -0.05) is 0 Å². The van der Waals surface area contributed by atoms with Gasteiger partial charge in [0.1, 0.15) is 0 Å². The molecule has 1 aliphatic carbocycles. The minimum Gasteiger partial charge on any atom is -0.393 e. The molecule has 5 heteroatoms. The number of nitriles is 1. The van der Waals surface area contributed by atoms with Crippen molar-refractivity contribution < 1.29 is 5.11 Å². The van der Waals surface area contributed by atoms with Gasteiger partial charge in [-0.2, -0.15) is 5.26 Å². The summed E-state index contributed by atoms with van der Waals surface area (Å²) < 4.78 is 2.84. The summed E-state index contributed by atoms with van der Waals surface area (Å²) in [4.78, 5) is 3.17. The van der Waals surface area contributed by atoms with E-state index in [2.05, 4.69) is 15.6 Å². The normalized spacial score (nSPS) is 23.4. The van der Waals surface area contributed by atoms with Crippen LogP contribution >= 0.6 is 12.2 Å². The Bertz CT molecular complexity index is 702. The minimum atomic E-state index is -0.166. The van der Waals surface area contributed by atoms with Crippen LogP contribution in [0.25, 0.3) is 11.0 Å². The molecule has 0 spiro atoms. The van der Waals surface area contributed by atoms with Gasteiger partial charge in [0.15, 0.2) is 4.77 Å². The van der Waals surface area contributed by atoms with Crippen molar-refractivity contribution in [1.82, 2.24) is 9.55 Å². The Hall–Kier alpha value is -1.64. The average molecular weight is 273 g/mol. The van der Waals surface area contributed by atoms with Gasteiger partial charge in [0.2, 0.25) is 0 Å². The number of benzene rings is 1. The van der Waals surface area contributed by atoms with Crippen LogP contribution in [0.1, 0.15) is 37.3 Å². The van der Waals surface area contributed by atoms with Gasteiger partial charge in [-0.3, -0.25) is 0 Å². The SMILES string of the molecule is N#Cc1ccc2c(c1)[nH]c(=S)n2C1CCC(O)CC1. The van der Waals surface area contributed by atoms with Crippen molar-refractivity contribution >= 4 is 23.3 Å². The lowest BCUT2D eigenvalue weighted by atomic mass is 9.93. The van der Waals surface area contributed by atoms with Gasteiger partial charge in [0.05, 0.1) is 28.8 Å². The van der Waals surface area contributed by atoms with Crippen molar-refractivity contribution in [3.05, 3.63) is 28.5 Å². The predicted octanol–water partition coefficient (Wildman–Crippen LogP) is 3.05. The second-order valence-electron chi connectivity index (χ2n) is 5.11. The highest BCUT2D eigenvalue weighted by molar-refractivity contribution is 7.71. The molecule has 0 saturated heterocycles. The second kappa shape index (κ2) is 4.80. The first-order valence-corrected chi connectivity index (χ1v) is 6.92. The molecule has 0 unspecified atom stereocenters. The summed E-state index contributed by atoms with van der Waals surface area (Å²) in [6.45, 7) is 0. The number of fused-ring (bicyclic) bond motifs is 1. The number of rotatable bonds is 1. The molecule has 2 aromatic rings. The highest BCUT2D eigenvalue weighted by Crippen LogP contribution is 2.31. The van der Waals surface area contributed by atoms with Crippen LogP contribution in [0, 0.1) is 16.1 Å². The van der Waals surface area contributed by atoms with Crippen molar-refractivity contribution in [3.8, 4) is 6.07 Å². The molecule has 1 saturated carbocycles. The Morgan fingerprint density at radius 2 is 2.05 bits per heavy atom. The number of hydrogen-bond donors (Lipinski definition) is 2. The summed E-state index contributed by atoms with van der Waals surface area (Å²) in [6, 6.07) is 8.08. The average Bonchev–Trinajstić information content (AvgIpc) is 2.74. The standard InChI is InChI=1S/C14H15N3OS/c15-8-9-1-6-13-12(7-9)16-14(19)17(13)10-2-4-11(18)5-3-10/h1,6-7,10-11,18H,2-5H2,(H,16,19). The number of aliphatic hydroxyl groups is 1. The number of aliphatic hydroxyl groups excluding tert-OH is 1. The van der Waals surface area contributed by atoms with E-state index in [0.717, 1.165) is 36.7 Å². The largest absolute Gasteiger partial charge is 0.393 e. The molecule has 0 amide bonds. The number of nitrogens with one attached hydrogen (secondary N) is 1. The Balaban J connectivity index is 2.06. The topological polar surface area (TPSA) is 64.7 Å². The van der Waals surface area contributed by atoms with Crippen LogP contribution in [0.15, 0.2) is 18.2 Å². The second-order valence-corrected chi connectivity index (χ2v) is 5.49. The molecule has 0 aliphatic heterocycles. The molecule has 1 aromatic heterocycles. The zero-order valence-electron chi connectivity index (χ0n) is 10.5. The Kier molecular flexibility index (Phi) is 3.13. The van der Waals surface area contributed by atoms with Gasteiger partial charge in [-0.25, -0.2) is 0 Å². The lowest BCUT2D eigenvalue weighted by Crippen LogP contribution is -2.21. The van der Waals surface area contributed by atoms with E-state index < -0.39 is 0 Å². The summed E-state index contributed by atoms with van der Waals surface area (Å²) in [7, 11) is 0. The van der Waals surface area contributed by atoms with Crippen LogP contribution in [0.5, 0.6) is 0 Å². The third kappa shape index (κ3) is 2.18. The summed E-state index contributed by atoms with van der Waals surface area (Å²) in [6.07, 6.45) is 3.39. The van der Waals surface area contributed by atoms with E-state index in [9.17, 15) is 5.11 Å². The van der Waals surface area contributed by atoms with Gasteiger partial charge in [-0.05, 0) is 56.1 Å². The first kappa shape index (κ1) is 12.4. The molecule has 1 heterocycles. The van der Waals surface area contributed by atoms with Crippen LogP contribution in [-0.2, 0) is 0 Å². The monoisotopic (exact) mass is 273 g/mol. The third-order valence-electron chi connectivity index (χ3n) is 3.88. The maximum absolute atomic E-state index is 9.60. The summed E-state index contributed by atoms with van der Waals surface area (Å²) in [5.41, 5.74) is 2.59. The molecular formula is C14H15N3OS. The first-order chi connectivity index (χ1) is 9.19. The van der Waals surface area contributed by atoms with E-state index in [-0.39, 0.29) is 6.10 Å². The number of nitrogens with zero attached hydrogens (tertiary/aromatic N) is 2. The summed E-state index contributed by atoms with van der Waals surface area (Å²) in [5.74, 6) is 0. The molecule has 98 valence electrons. The first-order valence-electron chi connectivity index (χ1n) is 6.51. The number of aromatic amines is 1. The molecule has 1 aromatic carbocycles.